The standard InChI is InChI=1S/C11H12N2/c1-3-12-7-10-5-9-2-4-13-11(9)6-8(1)10/h2,4-6,12-13H,1,3,7H2. The van der Waals surface area contributed by atoms with E-state index in [0.717, 1.165) is 19.5 Å². The lowest BCUT2D eigenvalue weighted by Gasteiger charge is -2.16. The summed E-state index contributed by atoms with van der Waals surface area (Å²) in [6, 6.07) is 6.70. The van der Waals surface area contributed by atoms with Gasteiger partial charge in [0.2, 0.25) is 0 Å². The molecular weight excluding hydrogens is 160 g/mol. The van der Waals surface area contributed by atoms with Crippen molar-refractivity contribution in [2.75, 3.05) is 6.54 Å². The van der Waals surface area contributed by atoms with E-state index in [1.165, 1.54) is 22.0 Å². The Labute approximate surface area is 77.0 Å². The zero-order valence-corrected chi connectivity index (χ0v) is 7.43. The van der Waals surface area contributed by atoms with Crippen LogP contribution in [0.25, 0.3) is 10.9 Å². The number of fused-ring (bicyclic) bond motifs is 2. The fourth-order valence-electron chi connectivity index (χ4n) is 2.04. The summed E-state index contributed by atoms with van der Waals surface area (Å²) < 4.78 is 0. The van der Waals surface area contributed by atoms with Crippen molar-refractivity contribution in [1.82, 2.24) is 10.3 Å². The van der Waals surface area contributed by atoms with Crippen molar-refractivity contribution in [2.24, 2.45) is 0 Å². The van der Waals surface area contributed by atoms with E-state index in [-0.39, 0.29) is 0 Å². The Morgan fingerprint density at radius 3 is 3.15 bits per heavy atom. The average Bonchev–Trinajstić information content (AvgIpc) is 2.61. The van der Waals surface area contributed by atoms with Gasteiger partial charge in [-0.15, -0.1) is 0 Å². The molecular formula is C11H12N2. The molecule has 1 aromatic heterocycles. The molecule has 0 unspecified atom stereocenters. The van der Waals surface area contributed by atoms with E-state index in [4.69, 9.17) is 0 Å². The summed E-state index contributed by atoms with van der Waals surface area (Å²) >= 11 is 0. The smallest absolute Gasteiger partial charge is 0.0456 e. The molecule has 1 aromatic carbocycles. The van der Waals surface area contributed by atoms with E-state index >= 15 is 0 Å². The van der Waals surface area contributed by atoms with Gasteiger partial charge in [0.25, 0.3) is 0 Å². The summed E-state index contributed by atoms with van der Waals surface area (Å²) in [5, 5.41) is 4.71. The van der Waals surface area contributed by atoms with E-state index in [9.17, 15) is 0 Å². The van der Waals surface area contributed by atoms with Gasteiger partial charge in [-0.25, -0.2) is 0 Å². The largest absolute Gasteiger partial charge is 0.361 e. The van der Waals surface area contributed by atoms with Gasteiger partial charge in [0.15, 0.2) is 0 Å². The van der Waals surface area contributed by atoms with Crippen molar-refractivity contribution in [3.63, 3.8) is 0 Å². The van der Waals surface area contributed by atoms with E-state index < -0.39 is 0 Å². The molecule has 0 atom stereocenters. The Hall–Kier alpha value is -1.28. The van der Waals surface area contributed by atoms with Gasteiger partial charge in [0.1, 0.15) is 0 Å². The van der Waals surface area contributed by atoms with Gasteiger partial charge in [-0.2, -0.15) is 0 Å². The minimum Gasteiger partial charge on any atom is -0.361 e. The fourth-order valence-corrected chi connectivity index (χ4v) is 2.04. The van der Waals surface area contributed by atoms with Gasteiger partial charge in [-0.05, 0) is 47.7 Å². The van der Waals surface area contributed by atoms with Gasteiger partial charge < -0.3 is 10.3 Å². The zero-order chi connectivity index (χ0) is 8.67. The van der Waals surface area contributed by atoms with Crippen molar-refractivity contribution < 1.29 is 0 Å². The molecule has 0 radical (unpaired) electrons. The highest BCUT2D eigenvalue weighted by Gasteiger charge is 2.09. The highest BCUT2D eigenvalue weighted by atomic mass is 14.9. The molecule has 2 nitrogen and oxygen atoms in total. The first-order chi connectivity index (χ1) is 6.43. The number of H-pyrrole nitrogens is 1. The third-order valence-electron chi connectivity index (χ3n) is 2.76. The van der Waals surface area contributed by atoms with Gasteiger partial charge in [0, 0.05) is 18.3 Å². The first-order valence-electron chi connectivity index (χ1n) is 4.73. The van der Waals surface area contributed by atoms with Gasteiger partial charge in [-0.1, -0.05) is 0 Å². The van der Waals surface area contributed by atoms with Crippen LogP contribution in [0, 0.1) is 0 Å². The molecule has 0 bridgehead atoms. The Bertz CT molecular complexity index is 402. The molecule has 2 heteroatoms. The molecule has 2 N–H and O–H groups in total. The molecule has 2 heterocycles. The molecule has 0 amide bonds. The quantitative estimate of drug-likeness (QED) is 0.623. The SMILES string of the molecule is c1cc2cc3c(cc2[nH]1)CCNC3. The second-order valence-corrected chi connectivity index (χ2v) is 3.61. The highest BCUT2D eigenvalue weighted by molar-refractivity contribution is 5.81. The Kier molecular flexibility index (Phi) is 1.43. The predicted octanol–water partition coefficient (Wildman–Crippen LogP) is 1.81. The van der Waals surface area contributed by atoms with Crippen LogP contribution in [-0.4, -0.2) is 11.5 Å². The van der Waals surface area contributed by atoms with Crippen LogP contribution in [-0.2, 0) is 13.0 Å². The third kappa shape index (κ3) is 1.06. The molecule has 1 aliphatic heterocycles. The van der Waals surface area contributed by atoms with Crippen molar-refractivity contribution >= 4 is 10.9 Å². The molecule has 2 aromatic rings. The number of aromatic amines is 1. The van der Waals surface area contributed by atoms with Crippen LogP contribution < -0.4 is 5.32 Å². The minimum atomic E-state index is 1.02. The second kappa shape index (κ2) is 2.60. The number of nitrogens with one attached hydrogen (secondary N) is 2. The lowest BCUT2D eigenvalue weighted by molar-refractivity contribution is 0.645. The summed E-state index contributed by atoms with van der Waals surface area (Å²) in [4.78, 5) is 3.25. The minimum absolute atomic E-state index is 1.02. The Morgan fingerprint density at radius 2 is 2.15 bits per heavy atom. The van der Waals surface area contributed by atoms with E-state index in [0.29, 0.717) is 0 Å². The van der Waals surface area contributed by atoms with Gasteiger partial charge in [-0.3, -0.25) is 0 Å². The fraction of sp³-hybridized carbons (Fsp3) is 0.273. The van der Waals surface area contributed by atoms with E-state index in [1.54, 1.807) is 0 Å². The Morgan fingerprint density at radius 1 is 1.15 bits per heavy atom. The maximum atomic E-state index is 3.39. The average molecular weight is 172 g/mol. The molecule has 0 fully saturated rings. The van der Waals surface area contributed by atoms with E-state index in [2.05, 4.69) is 28.5 Å². The second-order valence-electron chi connectivity index (χ2n) is 3.61. The van der Waals surface area contributed by atoms with Crippen LogP contribution in [0.5, 0.6) is 0 Å². The molecule has 66 valence electrons. The normalized spacial score (nSPS) is 16.0. The summed E-state index contributed by atoms with van der Waals surface area (Å²) in [6.45, 7) is 2.13. The molecule has 0 saturated heterocycles. The van der Waals surface area contributed by atoms with Crippen LogP contribution in [0.3, 0.4) is 0 Å². The van der Waals surface area contributed by atoms with Crippen molar-refractivity contribution in [3.05, 3.63) is 35.5 Å². The first-order valence-corrected chi connectivity index (χ1v) is 4.73. The van der Waals surface area contributed by atoms with Gasteiger partial charge >= 0.3 is 0 Å². The van der Waals surface area contributed by atoms with Crippen molar-refractivity contribution in [3.8, 4) is 0 Å². The lowest BCUT2D eigenvalue weighted by Crippen LogP contribution is -2.23. The molecule has 1 aliphatic rings. The number of rotatable bonds is 0. The highest BCUT2D eigenvalue weighted by Crippen LogP contribution is 2.21. The van der Waals surface area contributed by atoms with Crippen LogP contribution in [0.4, 0.5) is 0 Å². The van der Waals surface area contributed by atoms with Crippen molar-refractivity contribution in [1.29, 1.82) is 0 Å². The maximum Gasteiger partial charge on any atom is 0.0456 e. The number of aromatic nitrogens is 1. The zero-order valence-electron chi connectivity index (χ0n) is 7.43. The molecule has 3 rings (SSSR count). The van der Waals surface area contributed by atoms with Gasteiger partial charge in [0.05, 0.1) is 0 Å². The maximum absolute atomic E-state index is 3.39. The molecule has 13 heavy (non-hydrogen) atoms. The topological polar surface area (TPSA) is 27.8 Å². The monoisotopic (exact) mass is 172 g/mol. The van der Waals surface area contributed by atoms with Crippen LogP contribution in [0.15, 0.2) is 24.4 Å². The Balaban J connectivity index is 2.28. The predicted molar refractivity (Wildman–Crippen MR) is 53.7 cm³/mol. The third-order valence-corrected chi connectivity index (χ3v) is 2.76. The number of hydrogen-bond acceptors (Lipinski definition) is 1. The number of hydrogen-bond donors (Lipinski definition) is 2. The lowest BCUT2D eigenvalue weighted by atomic mass is 9.99. The summed E-state index contributed by atoms with van der Waals surface area (Å²) in [7, 11) is 0. The van der Waals surface area contributed by atoms with Crippen LogP contribution in [0.2, 0.25) is 0 Å². The molecule has 0 saturated carbocycles. The summed E-state index contributed by atoms with van der Waals surface area (Å²) in [5.41, 5.74) is 4.22. The molecule has 0 aliphatic carbocycles. The molecule has 0 spiro atoms. The number of benzene rings is 1. The van der Waals surface area contributed by atoms with Crippen LogP contribution >= 0.6 is 0 Å². The van der Waals surface area contributed by atoms with Crippen LogP contribution in [0.1, 0.15) is 11.1 Å². The van der Waals surface area contributed by atoms with Crippen molar-refractivity contribution in [2.45, 2.75) is 13.0 Å². The van der Waals surface area contributed by atoms with E-state index in [1.807, 2.05) is 6.20 Å². The summed E-state index contributed by atoms with van der Waals surface area (Å²) in [5.74, 6) is 0. The summed E-state index contributed by atoms with van der Waals surface area (Å²) in [6.07, 6.45) is 3.16. The first kappa shape index (κ1) is 7.15.